The summed E-state index contributed by atoms with van der Waals surface area (Å²) in [5.74, 6) is -1.29. The van der Waals surface area contributed by atoms with Gasteiger partial charge in [-0.3, -0.25) is 4.79 Å². The highest BCUT2D eigenvalue weighted by atomic mass is 19.4. The maximum absolute atomic E-state index is 12.7. The summed E-state index contributed by atoms with van der Waals surface area (Å²) < 4.78 is 38.1. The van der Waals surface area contributed by atoms with E-state index in [0.717, 1.165) is 34.0 Å². The summed E-state index contributed by atoms with van der Waals surface area (Å²) in [5.41, 5.74) is 2.49. The molecule has 2 N–H and O–H groups in total. The maximum atomic E-state index is 12.7. The van der Waals surface area contributed by atoms with Crippen molar-refractivity contribution in [1.29, 1.82) is 0 Å². The first kappa shape index (κ1) is 23.0. The van der Waals surface area contributed by atoms with E-state index in [0.29, 0.717) is 17.5 Å². The van der Waals surface area contributed by atoms with Crippen molar-refractivity contribution >= 4 is 22.6 Å². The van der Waals surface area contributed by atoms with Crippen LogP contribution < -0.4 is 5.32 Å². The molecule has 0 atom stereocenters. The van der Waals surface area contributed by atoms with Crippen LogP contribution in [0.4, 0.5) is 13.2 Å². The van der Waals surface area contributed by atoms with Crippen LogP contribution in [0.15, 0.2) is 84.9 Å². The van der Waals surface area contributed by atoms with Gasteiger partial charge in [0.2, 0.25) is 0 Å². The number of carboxylic acid groups (broad SMARTS) is 1. The number of hydrogen-bond donors (Lipinski definition) is 2. The topological polar surface area (TPSA) is 66.4 Å². The predicted molar refractivity (Wildman–Crippen MR) is 123 cm³/mol. The van der Waals surface area contributed by atoms with Gasteiger partial charge in [-0.15, -0.1) is 0 Å². The van der Waals surface area contributed by atoms with Crippen LogP contribution in [0.5, 0.6) is 0 Å². The van der Waals surface area contributed by atoms with E-state index >= 15 is 0 Å². The van der Waals surface area contributed by atoms with E-state index in [1.165, 1.54) is 12.1 Å². The lowest BCUT2D eigenvalue weighted by Gasteiger charge is -2.10. The predicted octanol–water partition coefficient (Wildman–Crippen LogP) is 6.08. The molecule has 0 radical (unpaired) electrons. The Hall–Kier alpha value is -4.13. The van der Waals surface area contributed by atoms with E-state index in [1.807, 2.05) is 24.3 Å². The molecular weight excluding hydrogens is 443 g/mol. The van der Waals surface area contributed by atoms with Crippen molar-refractivity contribution in [2.75, 3.05) is 0 Å². The van der Waals surface area contributed by atoms with Gasteiger partial charge in [-0.05, 0) is 70.3 Å². The lowest BCUT2D eigenvalue weighted by molar-refractivity contribution is -0.137. The van der Waals surface area contributed by atoms with Gasteiger partial charge >= 0.3 is 12.1 Å². The minimum atomic E-state index is -4.40. The van der Waals surface area contributed by atoms with Crippen molar-refractivity contribution in [2.45, 2.75) is 19.1 Å². The molecule has 4 nitrogen and oxygen atoms in total. The highest BCUT2D eigenvalue weighted by Crippen LogP contribution is 2.29. The number of amides is 1. The van der Waals surface area contributed by atoms with E-state index in [-0.39, 0.29) is 18.0 Å². The summed E-state index contributed by atoms with van der Waals surface area (Å²) in [4.78, 5) is 23.6. The normalized spacial score (nSPS) is 11.4. The molecule has 0 heterocycles. The number of carbonyl (C=O) groups is 2. The number of benzene rings is 4. The fourth-order valence-corrected chi connectivity index (χ4v) is 3.64. The molecule has 0 saturated heterocycles. The molecule has 34 heavy (non-hydrogen) atoms. The molecule has 0 aliphatic heterocycles. The van der Waals surface area contributed by atoms with E-state index in [9.17, 15) is 22.8 Å². The summed E-state index contributed by atoms with van der Waals surface area (Å²) >= 11 is 0. The van der Waals surface area contributed by atoms with Gasteiger partial charge in [0.25, 0.3) is 5.91 Å². The molecule has 0 fully saturated rings. The second-order valence-corrected chi connectivity index (χ2v) is 7.95. The molecule has 0 bridgehead atoms. The third-order valence-corrected chi connectivity index (χ3v) is 5.51. The van der Waals surface area contributed by atoms with Crippen LogP contribution in [-0.2, 0) is 19.1 Å². The second kappa shape index (κ2) is 9.39. The molecule has 0 aliphatic rings. The highest BCUT2D eigenvalue weighted by molar-refractivity contribution is 5.98. The molecule has 4 aromatic rings. The number of fused-ring (bicyclic) bond motifs is 1. The van der Waals surface area contributed by atoms with E-state index in [2.05, 4.69) is 5.32 Å². The zero-order valence-electron chi connectivity index (χ0n) is 17.9. The molecule has 0 saturated carbocycles. The van der Waals surface area contributed by atoms with Crippen LogP contribution >= 0.6 is 0 Å². The average molecular weight is 463 g/mol. The number of carbonyl (C=O) groups excluding carboxylic acids is 1. The number of alkyl halides is 3. The summed E-state index contributed by atoms with van der Waals surface area (Å²) in [7, 11) is 0. The monoisotopic (exact) mass is 463 g/mol. The number of carboxylic acids is 1. The van der Waals surface area contributed by atoms with Gasteiger partial charge in [-0.25, -0.2) is 4.79 Å². The van der Waals surface area contributed by atoms with Gasteiger partial charge in [0.15, 0.2) is 0 Å². The standard InChI is InChI=1S/C27H20F3NO3/c28-27(29,30)24-11-4-18(5-12-24)16-31-25(32)22-10-9-20-6-3-19(14-23(20)15-22)13-17-1-7-21(8-2-17)26(33)34/h1-12,14-15H,13,16H2,(H,31,32)(H,33,34). The van der Waals surface area contributed by atoms with Crippen molar-refractivity contribution in [3.63, 3.8) is 0 Å². The molecule has 172 valence electrons. The Morgan fingerprint density at radius 1 is 0.706 bits per heavy atom. The van der Waals surface area contributed by atoms with Crippen LogP contribution in [0.25, 0.3) is 10.8 Å². The first-order valence-electron chi connectivity index (χ1n) is 10.5. The van der Waals surface area contributed by atoms with E-state index < -0.39 is 17.7 Å². The molecular formula is C27H20F3NO3. The van der Waals surface area contributed by atoms with Gasteiger partial charge in [-0.1, -0.05) is 48.5 Å². The largest absolute Gasteiger partial charge is 0.478 e. The first-order valence-corrected chi connectivity index (χ1v) is 10.5. The molecule has 0 aliphatic carbocycles. The Labute approximate surface area is 193 Å². The van der Waals surface area contributed by atoms with Gasteiger partial charge in [0, 0.05) is 12.1 Å². The molecule has 4 rings (SSSR count). The Morgan fingerprint density at radius 3 is 1.94 bits per heavy atom. The average Bonchev–Trinajstić information content (AvgIpc) is 2.82. The Balaban J connectivity index is 1.45. The number of nitrogens with one attached hydrogen (secondary N) is 1. The van der Waals surface area contributed by atoms with Crippen molar-refractivity contribution in [1.82, 2.24) is 5.32 Å². The third kappa shape index (κ3) is 5.43. The molecule has 0 spiro atoms. The quantitative estimate of drug-likeness (QED) is 0.364. The Bertz CT molecular complexity index is 1340. The van der Waals surface area contributed by atoms with Crippen molar-refractivity contribution in [2.24, 2.45) is 0 Å². The van der Waals surface area contributed by atoms with Crippen LogP contribution in [0, 0.1) is 0 Å². The Morgan fingerprint density at radius 2 is 1.29 bits per heavy atom. The van der Waals surface area contributed by atoms with Gasteiger partial charge < -0.3 is 10.4 Å². The highest BCUT2D eigenvalue weighted by Gasteiger charge is 2.29. The SMILES string of the molecule is O=C(O)c1ccc(Cc2ccc3ccc(C(=O)NCc4ccc(C(F)(F)F)cc4)cc3c2)cc1. The van der Waals surface area contributed by atoms with Gasteiger partial charge in [0.1, 0.15) is 0 Å². The molecule has 1 amide bonds. The number of aromatic carboxylic acids is 1. The van der Waals surface area contributed by atoms with Crippen LogP contribution in [0.3, 0.4) is 0 Å². The molecule has 4 aromatic carbocycles. The van der Waals surface area contributed by atoms with Crippen molar-refractivity contribution < 1.29 is 27.9 Å². The van der Waals surface area contributed by atoms with Crippen molar-refractivity contribution in [3.05, 3.63) is 118 Å². The molecule has 0 aromatic heterocycles. The minimum Gasteiger partial charge on any atom is -0.478 e. The van der Waals surface area contributed by atoms with Crippen LogP contribution in [0.1, 0.15) is 43.0 Å². The summed E-state index contributed by atoms with van der Waals surface area (Å²) in [6.45, 7) is 0.112. The van der Waals surface area contributed by atoms with Crippen LogP contribution in [-0.4, -0.2) is 17.0 Å². The third-order valence-electron chi connectivity index (χ3n) is 5.51. The summed E-state index contributed by atoms with van der Waals surface area (Å²) in [5, 5.41) is 13.6. The van der Waals surface area contributed by atoms with E-state index in [4.69, 9.17) is 5.11 Å². The number of rotatable bonds is 6. The van der Waals surface area contributed by atoms with Gasteiger partial charge in [-0.2, -0.15) is 13.2 Å². The zero-order chi connectivity index (χ0) is 24.3. The Kier molecular flexibility index (Phi) is 6.36. The van der Waals surface area contributed by atoms with Gasteiger partial charge in [0.05, 0.1) is 11.1 Å². The zero-order valence-corrected chi connectivity index (χ0v) is 17.9. The lowest BCUT2D eigenvalue weighted by Crippen LogP contribution is -2.22. The smallest absolute Gasteiger partial charge is 0.416 e. The second-order valence-electron chi connectivity index (χ2n) is 7.95. The lowest BCUT2D eigenvalue weighted by atomic mass is 9.99. The fraction of sp³-hybridized carbons (Fsp3) is 0.111. The molecule has 0 unspecified atom stereocenters. The fourth-order valence-electron chi connectivity index (χ4n) is 3.64. The maximum Gasteiger partial charge on any atom is 0.416 e. The van der Waals surface area contributed by atoms with E-state index in [1.54, 1.807) is 36.4 Å². The summed E-state index contributed by atoms with van der Waals surface area (Å²) in [6, 6.07) is 22.6. The van der Waals surface area contributed by atoms with Crippen molar-refractivity contribution in [3.8, 4) is 0 Å². The number of halogens is 3. The minimum absolute atomic E-state index is 0.112. The summed E-state index contributed by atoms with van der Waals surface area (Å²) in [6.07, 6.45) is -3.78. The molecule has 7 heteroatoms. The number of hydrogen-bond acceptors (Lipinski definition) is 2. The van der Waals surface area contributed by atoms with Crippen LogP contribution in [0.2, 0.25) is 0 Å². The first-order chi connectivity index (χ1) is 16.2.